The van der Waals surface area contributed by atoms with Gasteiger partial charge in [-0.05, 0) is 41.5 Å². The van der Waals surface area contributed by atoms with Gasteiger partial charge in [0.1, 0.15) is 17.1 Å². The van der Waals surface area contributed by atoms with Gasteiger partial charge in [-0.25, -0.2) is 4.79 Å². The van der Waals surface area contributed by atoms with Gasteiger partial charge in [-0.2, -0.15) is 0 Å². The van der Waals surface area contributed by atoms with E-state index < -0.39 is 5.97 Å². The number of carboxylic acid groups (broad SMARTS) is 1. The van der Waals surface area contributed by atoms with Crippen LogP contribution in [0, 0.1) is 6.92 Å². The molecule has 0 amide bonds. The standard InChI is InChI=1S/C21H26O4/c1-6-7-13-11-16(22)18(19(23)17(13)20(24)25)14-10-12(2)8-9-15(14)21(3,4)5/h8-11,22-23H,6-7H2,1-5H3,(H,24,25). The molecule has 0 aliphatic carbocycles. The van der Waals surface area contributed by atoms with Crippen molar-refractivity contribution >= 4 is 5.97 Å². The van der Waals surface area contributed by atoms with Crippen LogP contribution in [0.3, 0.4) is 0 Å². The molecule has 0 bridgehead atoms. The Hall–Kier alpha value is -2.49. The number of aromatic carboxylic acids is 1. The quantitative estimate of drug-likeness (QED) is 0.729. The topological polar surface area (TPSA) is 77.8 Å². The molecule has 0 aliphatic rings. The second-order valence-corrected chi connectivity index (χ2v) is 7.51. The maximum atomic E-state index is 11.7. The number of benzene rings is 2. The molecule has 0 aliphatic heterocycles. The van der Waals surface area contributed by atoms with Crippen LogP contribution in [0.25, 0.3) is 11.1 Å². The first-order valence-corrected chi connectivity index (χ1v) is 8.50. The first-order chi connectivity index (χ1) is 11.6. The summed E-state index contributed by atoms with van der Waals surface area (Å²) in [5.41, 5.74) is 2.83. The lowest BCUT2D eigenvalue weighted by atomic mass is 9.80. The summed E-state index contributed by atoms with van der Waals surface area (Å²) in [5.74, 6) is -1.65. The van der Waals surface area contributed by atoms with E-state index >= 15 is 0 Å². The molecule has 0 atom stereocenters. The first-order valence-electron chi connectivity index (χ1n) is 8.50. The van der Waals surface area contributed by atoms with Crippen molar-refractivity contribution in [1.29, 1.82) is 0 Å². The Balaban J connectivity index is 2.88. The van der Waals surface area contributed by atoms with Crippen molar-refractivity contribution in [3.8, 4) is 22.6 Å². The molecule has 0 aromatic heterocycles. The molecule has 0 saturated heterocycles. The zero-order chi connectivity index (χ0) is 18.9. The van der Waals surface area contributed by atoms with Crippen molar-refractivity contribution in [1.82, 2.24) is 0 Å². The van der Waals surface area contributed by atoms with E-state index in [1.54, 1.807) is 0 Å². The molecule has 3 N–H and O–H groups in total. The Labute approximate surface area is 148 Å². The summed E-state index contributed by atoms with van der Waals surface area (Å²) in [7, 11) is 0. The minimum Gasteiger partial charge on any atom is -0.507 e. The Morgan fingerprint density at radius 1 is 1.12 bits per heavy atom. The Morgan fingerprint density at radius 2 is 1.76 bits per heavy atom. The van der Waals surface area contributed by atoms with Gasteiger partial charge in [0.2, 0.25) is 0 Å². The van der Waals surface area contributed by atoms with Gasteiger partial charge in [0, 0.05) is 0 Å². The van der Waals surface area contributed by atoms with Crippen LogP contribution in [0.4, 0.5) is 0 Å². The van der Waals surface area contributed by atoms with E-state index in [4.69, 9.17) is 0 Å². The summed E-state index contributed by atoms with van der Waals surface area (Å²) in [5, 5.41) is 30.9. The summed E-state index contributed by atoms with van der Waals surface area (Å²) in [6.45, 7) is 9.97. The number of aromatic hydroxyl groups is 2. The van der Waals surface area contributed by atoms with Gasteiger partial charge in [-0.1, -0.05) is 57.9 Å². The molecule has 2 rings (SSSR count). The molecule has 0 fully saturated rings. The Morgan fingerprint density at radius 3 is 2.28 bits per heavy atom. The molecule has 0 heterocycles. The predicted molar refractivity (Wildman–Crippen MR) is 99.6 cm³/mol. The van der Waals surface area contributed by atoms with Gasteiger partial charge >= 0.3 is 5.97 Å². The van der Waals surface area contributed by atoms with Gasteiger partial charge in [-0.3, -0.25) is 0 Å². The summed E-state index contributed by atoms with van der Waals surface area (Å²) in [4.78, 5) is 11.7. The second kappa shape index (κ2) is 6.79. The number of hydrogen-bond acceptors (Lipinski definition) is 3. The maximum Gasteiger partial charge on any atom is 0.339 e. The van der Waals surface area contributed by atoms with Gasteiger partial charge < -0.3 is 15.3 Å². The molecule has 25 heavy (non-hydrogen) atoms. The molecule has 2 aromatic rings. The Kier molecular flexibility index (Phi) is 5.12. The number of phenols is 2. The van der Waals surface area contributed by atoms with E-state index in [0.717, 1.165) is 17.5 Å². The summed E-state index contributed by atoms with van der Waals surface area (Å²) < 4.78 is 0. The third kappa shape index (κ3) is 3.63. The predicted octanol–water partition coefficient (Wildman–Crippen LogP) is 5.02. The summed E-state index contributed by atoms with van der Waals surface area (Å²) >= 11 is 0. The minimum absolute atomic E-state index is 0.0953. The fourth-order valence-electron chi connectivity index (χ4n) is 3.20. The third-order valence-corrected chi connectivity index (χ3v) is 4.35. The smallest absolute Gasteiger partial charge is 0.339 e. The van der Waals surface area contributed by atoms with Crippen LogP contribution in [0.2, 0.25) is 0 Å². The van der Waals surface area contributed by atoms with Crippen LogP contribution in [0.15, 0.2) is 24.3 Å². The molecule has 0 saturated carbocycles. The van der Waals surface area contributed by atoms with Gasteiger partial charge in [0.25, 0.3) is 0 Å². The van der Waals surface area contributed by atoms with E-state index in [-0.39, 0.29) is 28.0 Å². The number of carboxylic acids is 1. The van der Waals surface area contributed by atoms with Crippen molar-refractivity contribution in [2.24, 2.45) is 0 Å². The molecule has 0 radical (unpaired) electrons. The molecule has 134 valence electrons. The van der Waals surface area contributed by atoms with Crippen molar-refractivity contribution in [3.05, 3.63) is 46.5 Å². The van der Waals surface area contributed by atoms with Crippen LogP contribution in [-0.2, 0) is 11.8 Å². The van der Waals surface area contributed by atoms with E-state index in [0.29, 0.717) is 17.5 Å². The van der Waals surface area contributed by atoms with Crippen LogP contribution >= 0.6 is 0 Å². The number of carbonyl (C=O) groups is 1. The third-order valence-electron chi connectivity index (χ3n) is 4.35. The van der Waals surface area contributed by atoms with Crippen molar-refractivity contribution in [2.75, 3.05) is 0 Å². The molecule has 4 heteroatoms. The van der Waals surface area contributed by atoms with Crippen LogP contribution in [0.1, 0.15) is 61.2 Å². The minimum atomic E-state index is -1.19. The monoisotopic (exact) mass is 342 g/mol. The van der Waals surface area contributed by atoms with E-state index in [9.17, 15) is 20.1 Å². The van der Waals surface area contributed by atoms with Crippen LogP contribution in [-0.4, -0.2) is 21.3 Å². The number of rotatable bonds is 4. The number of hydrogen-bond donors (Lipinski definition) is 3. The summed E-state index contributed by atoms with van der Waals surface area (Å²) in [6.07, 6.45) is 1.19. The normalized spacial score (nSPS) is 11.6. The highest BCUT2D eigenvalue weighted by atomic mass is 16.4. The maximum absolute atomic E-state index is 11.7. The highest BCUT2D eigenvalue weighted by molar-refractivity contribution is 5.97. The second-order valence-electron chi connectivity index (χ2n) is 7.51. The summed E-state index contributed by atoms with van der Waals surface area (Å²) in [6, 6.07) is 7.28. The van der Waals surface area contributed by atoms with Gasteiger partial charge in [0.15, 0.2) is 0 Å². The largest absolute Gasteiger partial charge is 0.507 e. The van der Waals surface area contributed by atoms with Crippen molar-refractivity contribution < 1.29 is 20.1 Å². The lowest BCUT2D eigenvalue weighted by Gasteiger charge is -2.25. The highest BCUT2D eigenvalue weighted by Crippen LogP contribution is 2.45. The lowest BCUT2D eigenvalue weighted by Crippen LogP contribution is -2.13. The van der Waals surface area contributed by atoms with Crippen LogP contribution < -0.4 is 0 Å². The van der Waals surface area contributed by atoms with E-state index in [1.165, 1.54) is 6.07 Å². The fraction of sp³-hybridized carbons (Fsp3) is 0.381. The Bertz CT molecular complexity index is 814. The average molecular weight is 342 g/mol. The van der Waals surface area contributed by atoms with Crippen molar-refractivity contribution in [2.45, 2.75) is 52.9 Å². The average Bonchev–Trinajstić information content (AvgIpc) is 2.45. The fourth-order valence-corrected chi connectivity index (χ4v) is 3.20. The van der Waals surface area contributed by atoms with Crippen LogP contribution in [0.5, 0.6) is 11.5 Å². The molecule has 4 nitrogen and oxygen atoms in total. The van der Waals surface area contributed by atoms with Gasteiger partial charge in [0.05, 0.1) is 5.56 Å². The van der Waals surface area contributed by atoms with Gasteiger partial charge in [-0.15, -0.1) is 0 Å². The lowest BCUT2D eigenvalue weighted by molar-refractivity contribution is 0.0692. The highest BCUT2D eigenvalue weighted by Gasteiger charge is 2.27. The number of phenolic OH excluding ortho intramolecular Hbond substituents is 1. The zero-order valence-corrected chi connectivity index (χ0v) is 15.5. The SMILES string of the molecule is CCCc1cc(O)c(-c2cc(C)ccc2C(C)(C)C)c(O)c1C(=O)O. The molecule has 0 spiro atoms. The molecular formula is C21H26O4. The molecule has 2 aromatic carbocycles. The molecule has 0 unspecified atom stereocenters. The van der Waals surface area contributed by atoms with E-state index in [1.807, 2.05) is 52.8 Å². The first kappa shape index (κ1) is 18.8. The molecular weight excluding hydrogens is 316 g/mol. The van der Waals surface area contributed by atoms with Crippen molar-refractivity contribution in [3.63, 3.8) is 0 Å². The number of aryl methyl sites for hydroxylation is 2. The zero-order valence-electron chi connectivity index (χ0n) is 15.5. The van der Waals surface area contributed by atoms with E-state index in [2.05, 4.69) is 0 Å².